The average Bonchev–Trinajstić information content (AvgIpc) is 3.43. The average molecular weight is 340 g/mol. The highest BCUT2D eigenvalue weighted by atomic mass is 16.5. The predicted octanol–water partition coefficient (Wildman–Crippen LogP) is 2.19. The third kappa shape index (κ3) is 4.09. The van der Waals surface area contributed by atoms with Gasteiger partial charge in [0.05, 0.1) is 12.7 Å². The topological polar surface area (TPSA) is 90.7 Å². The number of carbonyl (C=O) groups excluding carboxylic acids is 2. The van der Waals surface area contributed by atoms with Crippen LogP contribution in [0.4, 0.5) is 0 Å². The summed E-state index contributed by atoms with van der Waals surface area (Å²) in [5.74, 6) is -0.153. The number of hydrogen-bond donors (Lipinski definition) is 2. The lowest BCUT2D eigenvalue weighted by Gasteiger charge is -2.20. The molecule has 25 heavy (non-hydrogen) atoms. The zero-order valence-electron chi connectivity index (χ0n) is 13.9. The van der Waals surface area contributed by atoms with Crippen LogP contribution in [-0.4, -0.2) is 25.0 Å². The zero-order valence-corrected chi connectivity index (χ0v) is 13.9. The first-order valence-corrected chi connectivity index (χ1v) is 8.08. The molecular formula is C19H20N2O4. The van der Waals surface area contributed by atoms with E-state index in [0.717, 1.165) is 12.8 Å². The van der Waals surface area contributed by atoms with Crippen molar-refractivity contribution in [2.45, 2.75) is 25.0 Å². The van der Waals surface area contributed by atoms with Crippen LogP contribution in [0.3, 0.4) is 0 Å². The molecule has 6 nitrogen and oxygen atoms in total. The number of amides is 2. The van der Waals surface area contributed by atoms with Crippen LogP contribution in [0.5, 0.6) is 11.5 Å². The normalized spacial score (nSPS) is 14.4. The van der Waals surface area contributed by atoms with Gasteiger partial charge in [-0.05, 0) is 25.0 Å². The molecule has 2 amide bonds. The summed E-state index contributed by atoms with van der Waals surface area (Å²) in [6.45, 7) is 0. The van der Waals surface area contributed by atoms with Crippen molar-refractivity contribution < 1.29 is 19.1 Å². The van der Waals surface area contributed by atoms with Gasteiger partial charge in [-0.25, -0.2) is 0 Å². The Hall–Kier alpha value is -3.02. The smallest absolute Gasteiger partial charge is 0.266 e. The Morgan fingerprint density at radius 2 is 1.88 bits per heavy atom. The van der Waals surface area contributed by atoms with Gasteiger partial charge in [0.25, 0.3) is 11.8 Å². The van der Waals surface area contributed by atoms with Crippen molar-refractivity contribution in [2.75, 3.05) is 7.11 Å². The maximum atomic E-state index is 12.7. The number of methoxy groups -OCH3 is 1. The quantitative estimate of drug-likeness (QED) is 0.808. The van der Waals surface area contributed by atoms with Crippen LogP contribution in [0.1, 0.15) is 34.9 Å². The maximum absolute atomic E-state index is 12.7. The molecule has 1 atom stereocenters. The summed E-state index contributed by atoms with van der Waals surface area (Å²) in [6, 6.07) is 14.0. The fraction of sp³-hybridized carbons (Fsp3) is 0.263. The Bertz CT molecular complexity index is 772. The minimum atomic E-state index is -0.882. The molecule has 0 heterocycles. The third-order valence-corrected chi connectivity index (χ3v) is 3.96. The van der Waals surface area contributed by atoms with E-state index in [9.17, 15) is 9.59 Å². The minimum Gasteiger partial charge on any atom is -0.497 e. The summed E-state index contributed by atoms with van der Waals surface area (Å²) in [6.07, 6.45) is 1.06. The molecule has 0 spiro atoms. The lowest BCUT2D eigenvalue weighted by atomic mass is 10.1. The van der Waals surface area contributed by atoms with Gasteiger partial charge in [0.2, 0.25) is 6.10 Å². The van der Waals surface area contributed by atoms with Gasteiger partial charge in [0.15, 0.2) is 0 Å². The second-order valence-electron chi connectivity index (χ2n) is 5.92. The van der Waals surface area contributed by atoms with E-state index >= 15 is 0 Å². The van der Waals surface area contributed by atoms with Crippen molar-refractivity contribution in [3.63, 3.8) is 0 Å². The number of ether oxygens (including phenoxy) is 2. The van der Waals surface area contributed by atoms with Gasteiger partial charge in [0.1, 0.15) is 11.5 Å². The maximum Gasteiger partial charge on any atom is 0.266 e. The van der Waals surface area contributed by atoms with Gasteiger partial charge in [-0.1, -0.05) is 30.3 Å². The molecule has 1 aliphatic rings. The van der Waals surface area contributed by atoms with Crippen LogP contribution in [-0.2, 0) is 4.79 Å². The summed E-state index contributed by atoms with van der Waals surface area (Å²) >= 11 is 0. The first-order valence-electron chi connectivity index (χ1n) is 8.08. The van der Waals surface area contributed by atoms with E-state index in [1.807, 2.05) is 18.2 Å². The first-order chi connectivity index (χ1) is 12.1. The summed E-state index contributed by atoms with van der Waals surface area (Å²) in [7, 11) is 1.51. The fourth-order valence-electron chi connectivity index (χ4n) is 2.46. The summed E-state index contributed by atoms with van der Waals surface area (Å²) in [5, 5.41) is 2.94. The highest BCUT2D eigenvalue weighted by molar-refractivity contribution is 5.96. The Labute approximate surface area is 145 Å². The molecule has 0 aliphatic heterocycles. The van der Waals surface area contributed by atoms with Crippen LogP contribution in [0.25, 0.3) is 0 Å². The number of nitrogens with two attached hydrogens (primary N) is 1. The highest BCUT2D eigenvalue weighted by Crippen LogP contribution is 2.30. The van der Waals surface area contributed by atoms with Crippen molar-refractivity contribution in [2.24, 2.45) is 5.73 Å². The van der Waals surface area contributed by atoms with Crippen molar-refractivity contribution in [1.29, 1.82) is 0 Å². The minimum absolute atomic E-state index is 0.195. The van der Waals surface area contributed by atoms with E-state index in [4.69, 9.17) is 15.2 Å². The fourth-order valence-corrected chi connectivity index (χ4v) is 2.46. The molecule has 0 bridgehead atoms. The van der Waals surface area contributed by atoms with Gasteiger partial charge in [-0.15, -0.1) is 0 Å². The molecule has 1 aliphatic carbocycles. The monoisotopic (exact) mass is 340 g/mol. The molecule has 0 radical (unpaired) electrons. The van der Waals surface area contributed by atoms with Crippen LogP contribution < -0.4 is 20.5 Å². The van der Waals surface area contributed by atoms with Crippen molar-refractivity contribution >= 4 is 11.8 Å². The molecule has 3 N–H and O–H groups in total. The second-order valence-corrected chi connectivity index (χ2v) is 5.92. The van der Waals surface area contributed by atoms with Crippen molar-refractivity contribution in [3.8, 4) is 11.5 Å². The third-order valence-electron chi connectivity index (χ3n) is 3.96. The molecule has 0 unspecified atom stereocenters. The van der Waals surface area contributed by atoms with E-state index in [2.05, 4.69) is 5.32 Å². The molecule has 0 aromatic heterocycles. The Morgan fingerprint density at radius 3 is 2.48 bits per heavy atom. The van der Waals surface area contributed by atoms with E-state index in [1.54, 1.807) is 24.3 Å². The zero-order chi connectivity index (χ0) is 17.8. The Morgan fingerprint density at radius 1 is 1.16 bits per heavy atom. The molecule has 1 fully saturated rings. The van der Waals surface area contributed by atoms with Crippen LogP contribution in [0.15, 0.2) is 48.5 Å². The molecule has 130 valence electrons. The lowest BCUT2D eigenvalue weighted by molar-refractivity contribution is -0.128. The van der Waals surface area contributed by atoms with Gasteiger partial charge >= 0.3 is 0 Å². The van der Waals surface area contributed by atoms with Gasteiger partial charge < -0.3 is 20.5 Å². The number of rotatable bonds is 7. The molecule has 2 aromatic rings. The molecular weight excluding hydrogens is 320 g/mol. The molecule has 3 rings (SSSR count). The Kier molecular flexibility index (Phi) is 4.88. The summed E-state index contributed by atoms with van der Waals surface area (Å²) in [4.78, 5) is 24.3. The van der Waals surface area contributed by atoms with E-state index in [-0.39, 0.29) is 23.3 Å². The predicted molar refractivity (Wildman–Crippen MR) is 92.5 cm³/mol. The highest BCUT2D eigenvalue weighted by Gasteiger charge is 2.30. The number of carbonyl (C=O) groups is 2. The van der Waals surface area contributed by atoms with Crippen LogP contribution in [0, 0.1) is 0 Å². The van der Waals surface area contributed by atoms with Crippen molar-refractivity contribution in [1.82, 2.24) is 5.32 Å². The molecule has 6 heteroatoms. The molecule has 1 saturated carbocycles. The largest absolute Gasteiger partial charge is 0.497 e. The standard InChI is InChI=1S/C19H20N2O4/c1-24-14-9-10-15(18(20)22)16(11-14)25-17(12-5-3-2-4-6-12)19(23)21-13-7-8-13/h2-6,9-11,13,17H,7-8H2,1H3,(H2,20,22)(H,21,23)/t17-/m0/s1. The SMILES string of the molecule is COc1ccc(C(N)=O)c(O[C@H](C(=O)NC2CC2)c2ccccc2)c1. The second kappa shape index (κ2) is 7.25. The van der Waals surface area contributed by atoms with E-state index in [0.29, 0.717) is 11.3 Å². The van der Waals surface area contributed by atoms with E-state index < -0.39 is 12.0 Å². The summed E-state index contributed by atoms with van der Waals surface area (Å²) < 4.78 is 11.1. The number of hydrogen-bond acceptors (Lipinski definition) is 4. The van der Waals surface area contributed by atoms with Crippen LogP contribution >= 0.6 is 0 Å². The van der Waals surface area contributed by atoms with Crippen LogP contribution in [0.2, 0.25) is 0 Å². The molecule has 0 saturated heterocycles. The van der Waals surface area contributed by atoms with Gasteiger partial charge in [-0.2, -0.15) is 0 Å². The molecule has 2 aromatic carbocycles. The summed E-state index contributed by atoms with van der Waals surface area (Å²) in [5.41, 5.74) is 6.32. The number of primary amides is 1. The lowest BCUT2D eigenvalue weighted by Crippen LogP contribution is -2.34. The number of benzene rings is 2. The first kappa shape index (κ1) is 16.8. The number of nitrogens with one attached hydrogen (secondary N) is 1. The van der Waals surface area contributed by atoms with E-state index in [1.165, 1.54) is 13.2 Å². The van der Waals surface area contributed by atoms with Gasteiger partial charge in [-0.3, -0.25) is 9.59 Å². The van der Waals surface area contributed by atoms with Gasteiger partial charge in [0, 0.05) is 17.7 Å². The Balaban J connectivity index is 1.94. The van der Waals surface area contributed by atoms with Crippen molar-refractivity contribution in [3.05, 3.63) is 59.7 Å².